The first-order valence-electron chi connectivity index (χ1n) is 6.25. The van der Waals surface area contributed by atoms with E-state index in [1.54, 1.807) is 0 Å². The van der Waals surface area contributed by atoms with Crippen molar-refractivity contribution in [3.05, 3.63) is 0 Å². The lowest BCUT2D eigenvalue weighted by Crippen LogP contribution is -2.30. The molecule has 14 heavy (non-hydrogen) atoms. The lowest BCUT2D eigenvalue weighted by atomic mass is 10.2. The monoisotopic (exact) mass is 200 g/mol. The van der Waals surface area contributed by atoms with Gasteiger partial charge in [-0.3, -0.25) is 0 Å². The van der Waals surface area contributed by atoms with E-state index in [4.69, 9.17) is 0 Å². The third kappa shape index (κ3) is 10.0. The average molecular weight is 200 g/mol. The molecule has 0 bridgehead atoms. The van der Waals surface area contributed by atoms with Crippen LogP contribution in [0.1, 0.15) is 52.9 Å². The summed E-state index contributed by atoms with van der Waals surface area (Å²) in [6.07, 6.45) is 6.42. The molecular formula is C12H28N2. The van der Waals surface area contributed by atoms with Crippen molar-refractivity contribution >= 4 is 0 Å². The van der Waals surface area contributed by atoms with E-state index in [1.165, 1.54) is 45.2 Å². The van der Waals surface area contributed by atoms with E-state index in [1.807, 2.05) is 0 Å². The Morgan fingerprint density at radius 3 is 2.21 bits per heavy atom. The second-order valence-corrected chi connectivity index (χ2v) is 4.10. The number of unbranched alkanes of at least 4 members (excludes halogenated alkanes) is 2. The van der Waals surface area contributed by atoms with Crippen molar-refractivity contribution < 1.29 is 0 Å². The summed E-state index contributed by atoms with van der Waals surface area (Å²) in [4.78, 5) is 0. The topological polar surface area (TPSA) is 24.1 Å². The van der Waals surface area contributed by atoms with E-state index in [0.29, 0.717) is 6.04 Å². The maximum absolute atomic E-state index is 3.53. The molecule has 0 aromatic heterocycles. The number of nitrogens with one attached hydrogen (secondary N) is 2. The predicted molar refractivity (Wildman–Crippen MR) is 64.8 cm³/mol. The highest BCUT2D eigenvalue weighted by Gasteiger charge is 1.98. The van der Waals surface area contributed by atoms with Gasteiger partial charge >= 0.3 is 0 Å². The Kier molecular flexibility index (Phi) is 10.9. The fourth-order valence-electron chi connectivity index (χ4n) is 1.37. The minimum absolute atomic E-state index is 0.663. The molecule has 0 saturated carbocycles. The SMILES string of the molecule is CCCCNCCC(C)NCCCC. The van der Waals surface area contributed by atoms with Crippen LogP contribution < -0.4 is 10.6 Å². The van der Waals surface area contributed by atoms with Gasteiger partial charge in [-0.25, -0.2) is 0 Å². The van der Waals surface area contributed by atoms with Crippen molar-refractivity contribution in [2.75, 3.05) is 19.6 Å². The molecule has 86 valence electrons. The average Bonchev–Trinajstić information content (AvgIpc) is 2.18. The summed E-state index contributed by atoms with van der Waals surface area (Å²) >= 11 is 0. The molecule has 2 heteroatoms. The van der Waals surface area contributed by atoms with Crippen LogP contribution in [0.5, 0.6) is 0 Å². The normalized spacial score (nSPS) is 13.1. The van der Waals surface area contributed by atoms with Gasteiger partial charge in [-0.15, -0.1) is 0 Å². The zero-order chi connectivity index (χ0) is 10.6. The van der Waals surface area contributed by atoms with Crippen LogP contribution in [0.2, 0.25) is 0 Å². The molecular weight excluding hydrogens is 172 g/mol. The quantitative estimate of drug-likeness (QED) is 0.530. The molecule has 0 radical (unpaired) electrons. The molecule has 0 rings (SSSR count). The molecule has 0 aliphatic carbocycles. The first kappa shape index (κ1) is 13.9. The van der Waals surface area contributed by atoms with E-state index in [9.17, 15) is 0 Å². The smallest absolute Gasteiger partial charge is 0.00508 e. The standard InChI is InChI=1S/C12H28N2/c1-4-6-9-13-11-8-12(3)14-10-7-5-2/h12-14H,4-11H2,1-3H3. The molecule has 0 aliphatic heterocycles. The van der Waals surface area contributed by atoms with Crippen LogP contribution in [0.25, 0.3) is 0 Å². The van der Waals surface area contributed by atoms with Crippen LogP contribution in [-0.2, 0) is 0 Å². The van der Waals surface area contributed by atoms with Crippen molar-refractivity contribution in [2.24, 2.45) is 0 Å². The van der Waals surface area contributed by atoms with E-state index < -0.39 is 0 Å². The maximum atomic E-state index is 3.53. The third-order valence-corrected chi connectivity index (χ3v) is 2.48. The number of hydrogen-bond acceptors (Lipinski definition) is 2. The molecule has 1 atom stereocenters. The minimum Gasteiger partial charge on any atom is -0.317 e. The Morgan fingerprint density at radius 2 is 1.57 bits per heavy atom. The van der Waals surface area contributed by atoms with Crippen LogP contribution in [0.3, 0.4) is 0 Å². The highest BCUT2D eigenvalue weighted by atomic mass is 14.9. The van der Waals surface area contributed by atoms with Gasteiger partial charge in [0.15, 0.2) is 0 Å². The van der Waals surface area contributed by atoms with E-state index in [-0.39, 0.29) is 0 Å². The molecule has 0 saturated heterocycles. The fourth-order valence-corrected chi connectivity index (χ4v) is 1.37. The molecule has 2 nitrogen and oxygen atoms in total. The second kappa shape index (κ2) is 11.0. The molecule has 0 fully saturated rings. The van der Waals surface area contributed by atoms with Crippen molar-refractivity contribution in [2.45, 2.75) is 58.9 Å². The van der Waals surface area contributed by atoms with Crippen molar-refractivity contribution in [1.82, 2.24) is 10.6 Å². The first-order valence-corrected chi connectivity index (χ1v) is 6.25. The lowest BCUT2D eigenvalue weighted by molar-refractivity contribution is 0.483. The summed E-state index contributed by atoms with van der Waals surface area (Å²) in [5.74, 6) is 0. The Balaban J connectivity index is 3.06. The van der Waals surface area contributed by atoms with Crippen LogP contribution in [0, 0.1) is 0 Å². The Labute approximate surface area is 89.9 Å². The molecule has 1 unspecified atom stereocenters. The largest absolute Gasteiger partial charge is 0.317 e. The number of rotatable bonds is 10. The molecule has 0 aliphatic rings. The van der Waals surface area contributed by atoms with Gasteiger partial charge in [-0.2, -0.15) is 0 Å². The summed E-state index contributed by atoms with van der Waals surface area (Å²) in [6, 6.07) is 0.663. The molecule has 0 spiro atoms. The number of hydrogen-bond donors (Lipinski definition) is 2. The first-order chi connectivity index (χ1) is 6.81. The minimum atomic E-state index is 0.663. The van der Waals surface area contributed by atoms with Gasteiger partial charge < -0.3 is 10.6 Å². The summed E-state index contributed by atoms with van der Waals surface area (Å²) in [5, 5.41) is 7.00. The summed E-state index contributed by atoms with van der Waals surface area (Å²) in [6.45, 7) is 10.2. The Morgan fingerprint density at radius 1 is 0.929 bits per heavy atom. The molecule has 2 N–H and O–H groups in total. The van der Waals surface area contributed by atoms with Gasteiger partial charge in [-0.05, 0) is 45.8 Å². The zero-order valence-electron chi connectivity index (χ0n) is 10.2. The van der Waals surface area contributed by atoms with Crippen molar-refractivity contribution in [3.8, 4) is 0 Å². The maximum Gasteiger partial charge on any atom is 0.00508 e. The highest BCUT2D eigenvalue weighted by Crippen LogP contribution is 1.91. The summed E-state index contributed by atoms with van der Waals surface area (Å²) in [5.41, 5.74) is 0. The van der Waals surface area contributed by atoms with Gasteiger partial charge in [0.05, 0.1) is 0 Å². The third-order valence-electron chi connectivity index (χ3n) is 2.48. The molecule has 0 aromatic rings. The summed E-state index contributed by atoms with van der Waals surface area (Å²) < 4.78 is 0. The Bertz CT molecular complexity index is 104. The van der Waals surface area contributed by atoms with Crippen molar-refractivity contribution in [3.63, 3.8) is 0 Å². The highest BCUT2D eigenvalue weighted by molar-refractivity contribution is 4.62. The van der Waals surface area contributed by atoms with E-state index >= 15 is 0 Å². The Hall–Kier alpha value is -0.0800. The lowest BCUT2D eigenvalue weighted by Gasteiger charge is -2.13. The zero-order valence-corrected chi connectivity index (χ0v) is 10.2. The van der Waals surface area contributed by atoms with E-state index in [2.05, 4.69) is 31.4 Å². The van der Waals surface area contributed by atoms with Gasteiger partial charge in [0.1, 0.15) is 0 Å². The predicted octanol–water partition coefficient (Wildman–Crippen LogP) is 2.54. The van der Waals surface area contributed by atoms with Crippen molar-refractivity contribution in [1.29, 1.82) is 0 Å². The van der Waals surface area contributed by atoms with Crippen LogP contribution in [0.4, 0.5) is 0 Å². The summed E-state index contributed by atoms with van der Waals surface area (Å²) in [7, 11) is 0. The van der Waals surface area contributed by atoms with Crippen LogP contribution in [-0.4, -0.2) is 25.7 Å². The fraction of sp³-hybridized carbons (Fsp3) is 1.00. The molecule has 0 amide bonds. The van der Waals surface area contributed by atoms with Crippen LogP contribution in [0.15, 0.2) is 0 Å². The molecule has 0 heterocycles. The van der Waals surface area contributed by atoms with Gasteiger partial charge in [0, 0.05) is 6.04 Å². The van der Waals surface area contributed by atoms with Gasteiger partial charge in [-0.1, -0.05) is 26.7 Å². The van der Waals surface area contributed by atoms with Gasteiger partial charge in [0.25, 0.3) is 0 Å². The van der Waals surface area contributed by atoms with E-state index in [0.717, 1.165) is 6.54 Å². The van der Waals surface area contributed by atoms with Crippen LogP contribution >= 0.6 is 0 Å². The molecule has 0 aromatic carbocycles. The second-order valence-electron chi connectivity index (χ2n) is 4.10. The van der Waals surface area contributed by atoms with Gasteiger partial charge in [0.2, 0.25) is 0 Å².